The average Bonchev–Trinajstić information content (AvgIpc) is 2.41. The zero-order chi connectivity index (χ0) is 15.4. The second-order valence-corrected chi connectivity index (χ2v) is 6.18. The van der Waals surface area contributed by atoms with Crippen LogP contribution in [-0.4, -0.2) is 21.1 Å². The van der Waals surface area contributed by atoms with Crippen molar-refractivity contribution in [1.82, 2.24) is 9.97 Å². The first-order chi connectivity index (χ1) is 9.95. The van der Waals surface area contributed by atoms with Gasteiger partial charge in [-0.05, 0) is 38.1 Å². The number of carbonyl (C=O) groups is 1. The van der Waals surface area contributed by atoms with E-state index in [1.807, 2.05) is 13.0 Å². The highest BCUT2D eigenvalue weighted by Gasteiger charge is 2.17. The number of nitrogens with two attached hydrogens (primary N) is 1. The molecule has 0 saturated heterocycles. The van der Waals surface area contributed by atoms with Gasteiger partial charge in [0.05, 0.1) is 16.0 Å². The summed E-state index contributed by atoms with van der Waals surface area (Å²) in [4.78, 5) is 20.5. The van der Waals surface area contributed by atoms with Gasteiger partial charge in [-0.2, -0.15) is 0 Å². The van der Waals surface area contributed by atoms with Gasteiger partial charge in [0.15, 0.2) is 5.16 Å². The number of nitrogens with zero attached hydrogens (tertiary/aromatic N) is 2. The maximum atomic E-state index is 12.2. The Morgan fingerprint density at radius 1 is 1.43 bits per heavy atom. The number of carbonyl (C=O) groups excluding carboxylic acids is 1. The quantitative estimate of drug-likeness (QED) is 0.513. The number of hydrogen-bond acceptors (Lipinski definition) is 5. The number of aryl methyl sites for hydroxylation is 1. The highest BCUT2D eigenvalue weighted by molar-refractivity contribution is 8.00. The van der Waals surface area contributed by atoms with Crippen LogP contribution in [0.2, 0.25) is 5.02 Å². The SMILES string of the molecule is Cc1ccnc(SC(C)C(=O)Nc2ccc(N)cc2Cl)n1. The van der Waals surface area contributed by atoms with Crippen LogP contribution in [0.25, 0.3) is 0 Å². The lowest BCUT2D eigenvalue weighted by molar-refractivity contribution is -0.115. The Morgan fingerprint density at radius 2 is 2.19 bits per heavy atom. The number of amides is 1. The van der Waals surface area contributed by atoms with Crippen molar-refractivity contribution in [3.63, 3.8) is 0 Å². The van der Waals surface area contributed by atoms with Gasteiger partial charge in [0.25, 0.3) is 0 Å². The number of thioether (sulfide) groups is 1. The van der Waals surface area contributed by atoms with Gasteiger partial charge in [-0.3, -0.25) is 4.79 Å². The Kier molecular flexibility index (Phi) is 5.03. The minimum atomic E-state index is -0.347. The van der Waals surface area contributed by atoms with E-state index < -0.39 is 0 Å². The van der Waals surface area contributed by atoms with Gasteiger partial charge in [-0.25, -0.2) is 9.97 Å². The number of anilines is 2. The Labute approximate surface area is 132 Å². The maximum absolute atomic E-state index is 12.2. The van der Waals surface area contributed by atoms with Crippen LogP contribution in [0.3, 0.4) is 0 Å². The van der Waals surface area contributed by atoms with Gasteiger partial charge in [0.2, 0.25) is 5.91 Å². The smallest absolute Gasteiger partial charge is 0.237 e. The Balaban J connectivity index is 2.02. The number of nitrogens with one attached hydrogen (secondary N) is 1. The van der Waals surface area contributed by atoms with Crippen LogP contribution >= 0.6 is 23.4 Å². The summed E-state index contributed by atoms with van der Waals surface area (Å²) in [6.07, 6.45) is 1.67. The number of benzene rings is 1. The minimum absolute atomic E-state index is 0.170. The van der Waals surface area contributed by atoms with Crippen LogP contribution in [0.15, 0.2) is 35.6 Å². The van der Waals surface area contributed by atoms with Crippen LogP contribution in [0, 0.1) is 6.92 Å². The number of nitrogen functional groups attached to an aromatic ring is 1. The normalized spacial score (nSPS) is 12.0. The monoisotopic (exact) mass is 322 g/mol. The predicted octanol–water partition coefficient (Wildman–Crippen LogP) is 3.14. The second-order valence-electron chi connectivity index (χ2n) is 4.47. The van der Waals surface area contributed by atoms with Crippen molar-refractivity contribution in [2.45, 2.75) is 24.3 Å². The predicted molar refractivity (Wildman–Crippen MR) is 86.6 cm³/mol. The van der Waals surface area contributed by atoms with E-state index in [9.17, 15) is 4.79 Å². The molecule has 0 aliphatic rings. The molecular formula is C14H15ClN4OS. The fourth-order valence-corrected chi connectivity index (χ4v) is 2.60. The van der Waals surface area contributed by atoms with E-state index in [1.54, 1.807) is 31.3 Å². The lowest BCUT2D eigenvalue weighted by Gasteiger charge is -2.12. The van der Waals surface area contributed by atoms with Crippen LogP contribution < -0.4 is 11.1 Å². The zero-order valence-electron chi connectivity index (χ0n) is 11.6. The topological polar surface area (TPSA) is 80.9 Å². The number of hydrogen-bond donors (Lipinski definition) is 2. The molecule has 0 radical (unpaired) electrons. The van der Waals surface area contributed by atoms with E-state index in [2.05, 4.69) is 15.3 Å². The minimum Gasteiger partial charge on any atom is -0.399 e. The summed E-state index contributed by atoms with van der Waals surface area (Å²) in [6, 6.07) is 6.76. The Hall–Kier alpha value is -1.79. The average molecular weight is 323 g/mol. The van der Waals surface area contributed by atoms with E-state index in [-0.39, 0.29) is 11.2 Å². The van der Waals surface area contributed by atoms with Crippen LogP contribution in [-0.2, 0) is 4.79 Å². The fraction of sp³-hybridized carbons (Fsp3) is 0.214. The number of rotatable bonds is 4. The van der Waals surface area contributed by atoms with Crippen LogP contribution in [0.4, 0.5) is 11.4 Å². The molecule has 1 atom stereocenters. The van der Waals surface area contributed by atoms with Crippen molar-refractivity contribution >= 4 is 40.6 Å². The summed E-state index contributed by atoms with van der Waals surface area (Å²) >= 11 is 7.33. The third-order valence-electron chi connectivity index (χ3n) is 2.68. The van der Waals surface area contributed by atoms with Crippen molar-refractivity contribution in [3.8, 4) is 0 Å². The lowest BCUT2D eigenvalue weighted by atomic mass is 10.2. The second kappa shape index (κ2) is 6.78. The maximum Gasteiger partial charge on any atom is 0.237 e. The molecule has 1 aromatic carbocycles. The molecule has 1 heterocycles. The van der Waals surface area contributed by atoms with E-state index in [4.69, 9.17) is 17.3 Å². The molecule has 1 unspecified atom stereocenters. The van der Waals surface area contributed by atoms with Gasteiger partial charge in [0, 0.05) is 17.6 Å². The molecule has 0 aliphatic carbocycles. The molecule has 2 aromatic rings. The zero-order valence-corrected chi connectivity index (χ0v) is 13.2. The van der Waals surface area contributed by atoms with Gasteiger partial charge in [-0.15, -0.1) is 0 Å². The molecule has 21 heavy (non-hydrogen) atoms. The first kappa shape index (κ1) is 15.6. The summed E-state index contributed by atoms with van der Waals surface area (Å²) in [5.41, 5.74) is 7.56. The van der Waals surface area contributed by atoms with Crippen LogP contribution in [0.5, 0.6) is 0 Å². The van der Waals surface area contributed by atoms with Crippen molar-refractivity contribution < 1.29 is 4.79 Å². The third kappa shape index (κ3) is 4.34. The van der Waals surface area contributed by atoms with E-state index in [1.165, 1.54) is 11.8 Å². The summed E-state index contributed by atoms with van der Waals surface area (Å²) in [5, 5.41) is 3.40. The summed E-state index contributed by atoms with van der Waals surface area (Å²) in [6.45, 7) is 3.67. The molecular weight excluding hydrogens is 308 g/mol. The highest BCUT2D eigenvalue weighted by Crippen LogP contribution is 2.26. The van der Waals surface area contributed by atoms with E-state index in [0.717, 1.165) is 5.69 Å². The van der Waals surface area contributed by atoms with Crippen LogP contribution in [0.1, 0.15) is 12.6 Å². The van der Waals surface area contributed by atoms with E-state index in [0.29, 0.717) is 21.6 Å². The van der Waals surface area contributed by atoms with Crippen molar-refractivity contribution in [1.29, 1.82) is 0 Å². The lowest BCUT2D eigenvalue weighted by Crippen LogP contribution is -2.22. The molecule has 0 saturated carbocycles. The third-order valence-corrected chi connectivity index (χ3v) is 3.96. The number of aromatic nitrogens is 2. The largest absolute Gasteiger partial charge is 0.399 e. The Morgan fingerprint density at radius 3 is 2.86 bits per heavy atom. The molecule has 1 amide bonds. The molecule has 2 rings (SSSR count). The van der Waals surface area contributed by atoms with E-state index >= 15 is 0 Å². The summed E-state index contributed by atoms with van der Waals surface area (Å²) in [7, 11) is 0. The molecule has 5 nitrogen and oxygen atoms in total. The van der Waals surface area contributed by atoms with Gasteiger partial charge < -0.3 is 11.1 Å². The van der Waals surface area contributed by atoms with Gasteiger partial charge in [0.1, 0.15) is 0 Å². The first-order valence-corrected chi connectivity index (χ1v) is 7.53. The molecule has 0 fully saturated rings. The van der Waals surface area contributed by atoms with Crippen molar-refractivity contribution in [3.05, 3.63) is 41.2 Å². The molecule has 1 aromatic heterocycles. The molecule has 7 heteroatoms. The Bertz CT molecular complexity index is 665. The van der Waals surface area contributed by atoms with Gasteiger partial charge >= 0.3 is 0 Å². The fourth-order valence-electron chi connectivity index (χ4n) is 1.56. The first-order valence-electron chi connectivity index (χ1n) is 6.28. The molecule has 3 N–H and O–H groups in total. The summed E-state index contributed by atoms with van der Waals surface area (Å²) < 4.78 is 0. The standard InChI is InChI=1S/C14H15ClN4OS/c1-8-5-6-17-14(18-8)21-9(2)13(20)19-12-4-3-10(16)7-11(12)15/h3-7,9H,16H2,1-2H3,(H,19,20). The van der Waals surface area contributed by atoms with Crippen molar-refractivity contribution in [2.24, 2.45) is 0 Å². The molecule has 0 spiro atoms. The van der Waals surface area contributed by atoms with Crippen molar-refractivity contribution in [2.75, 3.05) is 11.1 Å². The molecule has 0 bridgehead atoms. The molecule has 110 valence electrons. The molecule has 0 aliphatic heterocycles. The number of halogens is 1. The summed E-state index contributed by atoms with van der Waals surface area (Å²) in [5.74, 6) is -0.170. The highest BCUT2D eigenvalue weighted by atomic mass is 35.5. The van der Waals surface area contributed by atoms with Gasteiger partial charge in [-0.1, -0.05) is 23.4 Å².